The van der Waals surface area contributed by atoms with E-state index in [2.05, 4.69) is 10.2 Å². The Labute approximate surface area is 94.8 Å². The second kappa shape index (κ2) is 5.50. The van der Waals surface area contributed by atoms with E-state index in [1.165, 1.54) is 6.07 Å². The van der Waals surface area contributed by atoms with Crippen molar-refractivity contribution in [3.05, 3.63) is 11.8 Å². The number of likely N-dealkylation sites (N-methyl/N-ethyl adjacent to an activating group) is 1. The fourth-order valence-electron chi connectivity index (χ4n) is 1.18. The molecule has 0 atom stereocenters. The molecule has 0 aromatic carbocycles. The Morgan fingerprint density at radius 3 is 2.88 bits per heavy atom. The fourth-order valence-corrected chi connectivity index (χ4v) is 1.18. The van der Waals surface area contributed by atoms with Crippen molar-refractivity contribution >= 4 is 11.7 Å². The highest BCUT2D eigenvalue weighted by molar-refractivity contribution is 5.92. The lowest BCUT2D eigenvalue weighted by atomic mass is 10.3. The number of nitrogens with zero attached hydrogens (tertiary/aromatic N) is 2. The standard InChI is InChI=1S/C10H18N4O2/c1-7(2)16-5-4-14(3)10(15)8-6-9(11)13-12-8/h6-7H,4-5H2,1-3H3,(H3,11,12,13). The topological polar surface area (TPSA) is 84.2 Å². The molecule has 6 nitrogen and oxygen atoms in total. The Kier molecular flexibility index (Phi) is 4.30. The molecular weight excluding hydrogens is 208 g/mol. The van der Waals surface area contributed by atoms with E-state index in [1.54, 1.807) is 11.9 Å². The maximum atomic E-state index is 11.8. The number of H-pyrrole nitrogens is 1. The van der Waals surface area contributed by atoms with Gasteiger partial charge in [-0.1, -0.05) is 0 Å². The molecule has 1 rings (SSSR count). The van der Waals surface area contributed by atoms with Crippen LogP contribution >= 0.6 is 0 Å². The maximum absolute atomic E-state index is 11.8. The van der Waals surface area contributed by atoms with Gasteiger partial charge in [-0.05, 0) is 13.8 Å². The van der Waals surface area contributed by atoms with Gasteiger partial charge in [0.25, 0.3) is 5.91 Å². The molecule has 0 unspecified atom stereocenters. The molecule has 0 aliphatic rings. The highest BCUT2D eigenvalue weighted by Crippen LogP contribution is 2.03. The van der Waals surface area contributed by atoms with Gasteiger partial charge in [-0.25, -0.2) is 0 Å². The van der Waals surface area contributed by atoms with Crippen molar-refractivity contribution < 1.29 is 9.53 Å². The summed E-state index contributed by atoms with van der Waals surface area (Å²) in [5.74, 6) is 0.173. The first kappa shape index (κ1) is 12.5. The molecule has 0 aliphatic heterocycles. The summed E-state index contributed by atoms with van der Waals surface area (Å²) in [5, 5.41) is 6.28. The van der Waals surface area contributed by atoms with Gasteiger partial charge in [0.15, 0.2) is 0 Å². The summed E-state index contributed by atoms with van der Waals surface area (Å²) in [6.45, 7) is 4.97. The van der Waals surface area contributed by atoms with Gasteiger partial charge in [-0.3, -0.25) is 9.89 Å². The van der Waals surface area contributed by atoms with Crippen molar-refractivity contribution in [3.63, 3.8) is 0 Å². The first-order chi connectivity index (χ1) is 7.50. The summed E-state index contributed by atoms with van der Waals surface area (Å²) >= 11 is 0. The molecule has 1 aromatic heterocycles. The Bertz CT molecular complexity index is 348. The molecular formula is C10H18N4O2. The average molecular weight is 226 g/mol. The van der Waals surface area contributed by atoms with Gasteiger partial charge >= 0.3 is 0 Å². The number of hydrogen-bond donors (Lipinski definition) is 2. The van der Waals surface area contributed by atoms with E-state index in [0.29, 0.717) is 24.7 Å². The fraction of sp³-hybridized carbons (Fsp3) is 0.600. The molecule has 3 N–H and O–H groups in total. The van der Waals surface area contributed by atoms with E-state index in [9.17, 15) is 4.79 Å². The van der Waals surface area contributed by atoms with Crippen LogP contribution in [0.3, 0.4) is 0 Å². The number of nitrogen functional groups attached to an aromatic ring is 1. The van der Waals surface area contributed by atoms with Crippen molar-refractivity contribution in [2.75, 3.05) is 25.9 Å². The zero-order valence-electron chi connectivity index (χ0n) is 9.86. The molecule has 0 bridgehead atoms. The summed E-state index contributed by atoms with van der Waals surface area (Å²) in [6, 6.07) is 1.52. The molecule has 0 aliphatic carbocycles. The van der Waals surface area contributed by atoms with Crippen molar-refractivity contribution in [1.29, 1.82) is 0 Å². The van der Waals surface area contributed by atoms with Crippen LogP contribution in [0.25, 0.3) is 0 Å². The molecule has 16 heavy (non-hydrogen) atoms. The number of carbonyl (C=O) groups excluding carboxylic acids is 1. The minimum Gasteiger partial charge on any atom is -0.382 e. The molecule has 6 heteroatoms. The van der Waals surface area contributed by atoms with E-state index >= 15 is 0 Å². The summed E-state index contributed by atoms with van der Waals surface area (Å²) < 4.78 is 5.36. The molecule has 0 spiro atoms. The average Bonchev–Trinajstić information content (AvgIpc) is 2.63. The summed E-state index contributed by atoms with van der Waals surface area (Å²) in [4.78, 5) is 13.3. The first-order valence-corrected chi connectivity index (χ1v) is 5.18. The van der Waals surface area contributed by atoms with Crippen molar-refractivity contribution in [3.8, 4) is 0 Å². The van der Waals surface area contributed by atoms with Crippen LogP contribution < -0.4 is 5.73 Å². The van der Waals surface area contributed by atoms with Gasteiger partial charge in [0.05, 0.1) is 12.7 Å². The van der Waals surface area contributed by atoms with E-state index in [1.807, 2.05) is 13.8 Å². The zero-order valence-corrected chi connectivity index (χ0v) is 9.86. The lowest BCUT2D eigenvalue weighted by Gasteiger charge is -2.17. The van der Waals surface area contributed by atoms with Crippen LogP contribution in [0.1, 0.15) is 24.3 Å². The van der Waals surface area contributed by atoms with E-state index in [0.717, 1.165) is 0 Å². The van der Waals surface area contributed by atoms with Crippen LogP contribution in [-0.2, 0) is 4.74 Å². The van der Waals surface area contributed by atoms with Crippen LogP contribution in [0.5, 0.6) is 0 Å². The monoisotopic (exact) mass is 226 g/mol. The van der Waals surface area contributed by atoms with Crippen LogP contribution in [0.4, 0.5) is 5.82 Å². The predicted octanol–water partition coefficient (Wildman–Crippen LogP) is 0.489. The number of hydrogen-bond acceptors (Lipinski definition) is 4. The van der Waals surface area contributed by atoms with Crippen LogP contribution in [-0.4, -0.2) is 47.3 Å². The number of aromatic nitrogens is 2. The summed E-state index contributed by atoms with van der Waals surface area (Å²) in [5.41, 5.74) is 5.81. The maximum Gasteiger partial charge on any atom is 0.271 e. The van der Waals surface area contributed by atoms with E-state index in [4.69, 9.17) is 10.5 Å². The van der Waals surface area contributed by atoms with Crippen molar-refractivity contribution in [2.45, 2.75) is 20.0 Å². The Balaban J connectivity index is 2.42. The second-order valence-corrected chi connectivity index (χ2v) is 3.85. The predicted molar refractivity (Wildman–Crippen MR) is 61.0 cm³/mol. The molecule has 1 amide bonds. The highest BCUT2D eigenvalue weighted by Gasteiger charge is 2.13. The lowest BCUT2D eigenvalue weighted by Crippen LogP contribution is -2.31. The van der Waals surface area contributed by atoms with E-state index < -0.39 is 0 Å². The molecule has 0 fully saturated rings. The van der Waals surface area contributed by atoms with Gasteiger partial charge in [0, 0.05) is 19.7 Å². The third-order valence-electron chi connectivity index (χ3n) is 2.05. The Hall–Kier alpha value is -1.56. The number of nitrogens with one attached hydrogen (secondary N) is 1. The third-order valence-corrected chi connectivity index (χ3v) is 2.05. The van der Waals surface area contributed by atoms with Crippen LogP contribution in [0, 0.1) is 0 Å². The summed E-state index contributed by atoms with van der Waals surface area (Å²) in [7, 11) is 1.71. The minimum absolute atomic E-state index is 0.142. The number of nitrogens with two attached hydrogens (primary N) is 1. The smallest absolute Gasteiger partial charge is 0.271 e. The minimum atomic E-state index is -0.142. The van der Waals surface area contributed by atoms with Gasteiger partial charge in [0.2, 0.25) is 0 Å². The highest BCUT2D eigenvalue weighted by atomic mass is 16.5. The van der Waals surface area contributed by atoms with Gasteiger partial charge in [0.1, 0.15) is 11.5 Å². The number of rotatable bonds is 5. The molecule has 90 valence electrons. The normalized spacial score (nSPS) is 10.8. The van der Waals surface area contributed by atoms with Gasteiger partial charge < -0.3 is 15.4 Å². The Morgan fingerprint density at radius 1 is 1.69 bits per heavy atom. The molecule has 0 saturated carbocycles. The second-order valence-electron chi connectivity index (χ2n) is 3.85. The number of amides is 1. The number of carbonyl (C=O) groups is 1. The summed E-state index contributed by atoms with van der Waals surface area (Å²) in [6.07, 6.45) is 0.173. The van der Waals surface area contributed by atoms with Crippen LogP contribution in [0.2, 0.25) is 0 Å². The van der Waals surface area contributed by atoms with Crippen molar-refractivity contribution in [1.82, 2.24) is 15.1 Å². The molecule has 0 radical (unpaired) electrons. The molecule has 1 heterocycles. The number of anilines is 1. The quantitative estimate of drug-likeness (QED) is 0.765. The number of aromatic amines is 1. The van der Waals surface area contributed by atoms with Crippen molar-refractivity contribution in [2.24, 2.45) is 0 Å². The van der Waals surface area contributed by atoms with E-state index in [-0.39, 0.29) is 12.0 Å². The van der Waals surface area contributed by atoms with Gasteiger partial charge in [-0.15, -0.1) is 0 Å². The third kappa shape index (κ3) is 3.54. The molecule has 0 saturated heterocycles. The zero-order chi connectivity index (χ0) is 12.1. The van der Waals surface area contributed by atoms with Gasteiger partial charge in [-0.2, -0.15) is 5.10 Å². The van der Waals surface area contributed by atoms with Crippen LogP contribution in [0.15, 0.2) is 6.07 Å². The first-order valence-electron chi connectivity index (χ1n) is 5.18. The lowest BCUT2D eigenvalue weighted by molar-refractivity contribution is 0.0529. The Morgan fingerprint density at radius 2 is 2.38 bits per heavy atom. The number of ether oxygens (including phenoxy) is 1. The SMILES string of the molecule is CC(C)OCCN(C)C(=O)c1cc(N)n[nH]1. The molecule has 1 aromatic rings. The largest absolute Gasteiger partial charge is 0.382 e.